The summed E-state index contributed by atoms with van der Waals surface area (Å²) in [6.07, 6.45) is 4.96. The molecule has 2 rings (SSSR count). The molecule has 1 heterocycles. The quantitative estimate of drug-likeness (QED) is 0.868. The Morgan fingerprint density at radius 1 is 1.24 bits per heavy atom. The van der Waals surface area contributed by atoms with Crippen LogP contribution in [0.5, 0.6) is 0 Å². The number of rotatable bonds is 3. The molecule has 0 saturated carbocycles. The van der Waals surface area contributed by atoms with Crippen molar-refractivity contribution in [3.05, 3.63) is 48.5 Å². The van der Waals surface area contributed by atoms with Gasteiger partial charge in [0, 0.05) is 18.0 Å². The molecule has 0 radical (unpaired) electrons. The molecular formula is C13H13N3O. The molecule has 0 spiro atoms. The molecule has 86 valence electrons. The summed E-state index contributed by atoms with van der Waals surface area (Å²) in [7, 11) is 0. The minimum Gasteiger partial charge on any atom is -0.369 e. The van der Waals surface area contributed by atoms with Crippen molar-refractivity contribution >= 4 is 5.91 Å². The number of primary amides is 1. The molecule has 17 heavy (non-hydrogen) atoms. The topological polar surface area (TPSA) is 68.9 Å². The Morgan fingerprint density at radius 2 is 1.94 bits per heavy atom. The minimum absolute atomic E-state index is 0.292. The van der Waals surface area contributed by atoms with Crippen LogP contribution in [0.4, 0.5) is 0 Å². The fourth-order valence-corrected chi connectivity index (χ4v) is 1.60. The van der Waals surface area contributed by atoms with Crippen molar-refractivity contribution in [3.8, 4) is 11.1 Å². The van der Waals surface area contributed by atoms with Crippen LogP contribution in [-0.2, 0) is 4.79 Å². The van der Waals surface area contributed by atoms with E-state index in [-0.39, 0.29) is 11.8 Å². The monoisotopic (exact) mass is 227 g/mol. The third kappa shape index (κ3) is 2.47. The van der Waals surface area contributed by atoms with Gasteiger partial charge in [-0.15, -0.1) is 0 Å². The van der Waals surface area contributed by atoms with E-state index in [9.17, 15) is 4.79 Å². The zero-order valence-corrected chi connectivity index (χ0v) is 9.50. The van der Waals surface area contributed by atoms with E-state index < -0.39 is 0 Å². The molecule has 0 aliphatic carbocycles. The lowest BCUT2D eigenvalue weighted by molar-refractivity contribution is -0.119. The third-order valence-electron chi connectivity index (χ3n) is 2.71. The summed E-state index contributed by atoms with van der Waals surface area (Å²) < 4.78 is 0. The number of aromatic nitrogens is 2. The number of hydrogen-bond donors (Lipinski definition) is 1. The van der Waals surface area contributed by atoms with Gasteiger partial charge in [0.25, 0.3) is 0 Å². The highest BCUT2D eigenvalue weighted by Crippen LogP contribution is 2.22. The first-order valence-corrected chi connectivity index (χ1v) is 5.33. The zero-order chi connectivity index (χ0) is 12.3. The van der Waals surface area contributed by atoms with E-state index in [0.717, 1.165) is 16.7 Å². The van der Waals surface area contributed by atoms with Gasteiger partial charge in [-0.2, -0.15) is 0 Å². The first-order chi connectivity index (χ1) is 8.18. The van der Waals surface area contributed by atoms with Crippen LogP contribution in [0, 0.1) is 0 Å². The summed E-state index contributed by atoms with van der Waals surface area (Å²) in [5.74, 6) is -0.619. The summed E-state index contributed by atoms with van der Waals surface area (Å²) in [4.78, 5) is 19.1. The van der Waals surface area contributed by atoms with E-state index in [1.165, 1.54) is 6.33 Å². The van der Waals surface area contributed by atoms with Crippen LogP contribution in [-0.4, -0.2) is 15.9 Å². The van der Waals surface area contributed by atoms with Crippen molar-refractivity contribution in [2.75, 3.05) is 0 Å². The SMILES string of the molecule is CC(C(N)=O)c1cccc(-c2cncnc2)c1. The largest absolute Gasteiger partial charge is 0.369 e. The standard InChI is InChI=1S/C13H13N3O/c1-9(13(14)17)10-3-2-4-11(5-10)12-6-15-8-16-7-12/h2-9H,1H3,(H2,14,17). The van der Waals surface area contributed by atoms with Crippen LogP contribution in [0.3, 0.4) is 0 Å². The number of hydrogen-bond acceptors (Lipinski definition) is 3. The maximum Gasteiger partial charge on any atom is 0.224 e. The van der Waals surface area contributed by atoms with Gasteiger partial charge in [0.05, 0.1) is 5.92 Å². The van der Waals surface area contributed by atoms with Crippen LogP contribution in [0.2, 0.25) is 0 Å². The van der Waals surface area contributed by atoms with Crippen LogP contribution in [0.1, 0.15) is 18.4 Å². The van der Waals surface area contributed by atoms with Crippen LogP contribution in [0.25, 0.3) is 11.1 Å². The molecule has 0 bridgehead atoms. The lowest BCUT2D eigenvalue weighted by atomic mass is 9.97. The Morgan fingerprint density at radius 3 is 2.59 bits per heavy atom. The molecular weight excluding hydrogens is 214 g/mol. The molecule has 0 aliphatic rings. The lowest BCUT2D eigenvalue weighted by Gasteiger charge is -2.09. The molecule has 1 aromatic heterocycles. The maximum absolute atomic E-state index is 11.1. The number of amides is 1. The predicted molar refractivity (Wildman–Crippen MR) is 65.1 cm³/mol. The second-order valence-corrected chi connectivity index (χ2v) is 3.88. The lowest BCUT2D eigenvalue weighted by Crippen LogP contribution is -2.18. The smallest absolute Gasteiger partial charge is 0.224 e. The number of carbonyl (C=O) groups is 1. The van der Waals surface area contributed by atoms with Gasteiger partial charge in [0.15, 0.2) is 0 Å². The molecule has 1 aromatic carbocycles. The maximum atomic E-state index is 11.1. The first-order valence-electron chi connectivity index (χ1n) is 5.33. The summed E-state index contributed by atoms with van der Waals surface area (Å²) in [6, 6.07) is 7.68. The average molecular weight is 227 g/mol. The van der Waals surface area contributed by atoms with Crippen molar-refractivity contribution in [3.63, 3.8) is 0 Å². The van der Waals surface area contributed by atoms with Crippen LogP contribution < -0.4 is 5.73 Å². The van der Waals surface area contributed by atoms with E-state index >= 15 is 0 Å². The van der Waals surface area contributed by atoms with E-state index in [1.54, 1.807) is 19.3 Å². The van der Waals surface area contributed by atoms with Crippen molar-refractivity contribution in [2.24, 2.45) is 5.73 Å². The molecule has 2 N–H and O–H groups in total. The van der Waals surface area contributed by atoms with Gasteiger partial charge in [0.1, 0.15) is 6.33 Å². The second kappa shape index (κ2) is 4.74. The highest BCUT2D eigenvalue weighted by molar-refractivity contribution is 5.82. The molecule has 1 unspecified atom stereocenters. The molecule has 1 atom stereocenters. The Kier molecular flexibility index (Phi) is 3.14. The normalized spacial score (nSPS) is 12.1. The fraction of sp³-hybridized carbons (Fsp3) is 0.154. The van der Waals surface area contributed by atoms with Crippen molar-refractivity contribution in [1.82, 2.24) is 9.97 Å². The third-order valence-corrected chi connectivity index (χ3v) is 2.71. The number of carbonyl (C=O) groups excluding carboxylic acids is 1. The Hall–Kier alpha value is -2.23. The summed E-state index contributed by atoms with van der Waals surface area (Å²) in [5.41, 5.74) is 8.10. The highest BCUT2D eigenvalue weighted by Gasteiger charge is 2.11. The highest BCUT2D eigenvalue weighted by atomic mass is 16.1. The predicted octanol–water partition coefficient (Wildman–Crippen LogP) is 1.73. The minimum atomic E-state index is -0.327. The van der Waals surface area contributed by atoms with Gasteiger partial charge < -0.3 is 5.73 Å². The molecule has 4 nitrogen and oxygen atoms in total. The van der Waals surface area contributed by atoms with Crippen molar-refractivity contribution in [2.45, 2.75) is 12.8 Å². The van der Waals surface area contributed by atoms with Gasteiger partial charge in [-0.1, -0.05) is 24.3 Å². The van der Waals surface area contributed by atoms with Gasteiger partial charge >= 0.3 is 0 Å². The van der Waals surface area contributed by atoms with Gasteiger partial charge in [-0.3, -0.25) is 4.79 Å². The van der Waals surface area contributed by atoms with Crippen LogP contribution >= 0.6 is 0 Å². The summed E-state index contributed by atoms with van der Waals surface area (Å²) in [6.45, 7) is 1.79. The number of nitrogens with zero attached hydrogens (tertiary/aromatic N) is 2. The first kappa shape index (κ1) is 11.3. The van der Waals surface area contributed by atoms with E-state index in [1.807, 2.05) is 24.3 Å². The molecule has 2 aromatic rings. The average Bonchev–Trinajstić information content (AvgIpc) is 2.39. The van der Waals surface area contributed by atoms with Crippen LogP contribution in [0.15, 0.2) is 43.0 Å². The molecule has 1 amide bonds. The van der Waals surface area contributed by atoms with E-state index in [2.05, 4.69) is 9.97 Å². The Labute approximate surface area is 99.5 Å². The van der Waals surface area contributed by atoms with Crippen molar-refractivity contribution in [1.29, 1.82) is 0 Å². The summed E-state index contributed by atoms with van der Waals surface area (Å²) >= 11 is 0. The van der Waals surface area contributed by atoms with Gasteiger partial charge in [-0.25, -0.2) is 9.97 Å². The summed E-state index contributed by atoms with van der Waals surface area (Å²) in [5, 5.41) is 0. The molecule has 4 heteroatoms. The molecule has 0 saturated heterocycles. The number of benzene rings is 1. The fourth-order valence-electron chi connectivity index (χ4n) is 1.60. The van der Waals surface area contributed by atoms with Gasteiger partial charge in [-0.05, 0) is 18.1 Å². The van der Waals surface area contributed by atoms with Gasteiger partial charge in [0.2, 0.25) is 5.91 Å². The second-order valence-electron chi connectivity index (χ2n) is 3.88. The molecule has 0 fully saturated rings. The Balaban J connectivity index is 2.39. The number of nitrogens with two attached hydrogens (primary N) is 1. The van der Waals surface area contributed by atoms with E-state index in [4.69, 9.17) is 5.73 Å². The molecule has 0 aliphatic heterocycles. The van der Waals surface area contributed by atoms with Crippen molar-refractivity contribution < 1.29 is 4.79 Å². The van der Waals surface area contributed by atoms with E-state index in [0.29, 0.717) is 0 Å². The zero-order valence-electron chi connectivity index (χ0n) is 9.50. The Bertz CT molecular complexity index is 525.